The lowest BCUT2D eigenvalue weighted by Gasteiger charge is -2.36. The van der Waals surface area contributed by atoms with Crippen LogP contribution in [0, 0.1) is 17.3 Å². The number of ether oxygens (including phenoxy) is 4. The van der Waals surface area contributed by atoms with E-state index in [2.05, 4.69) is 21.9 Å². The SMILES string of the molecule is C=CCCCCC[C@@H](C)OC(=O)N[C@H](C(=O)N1C[C@H](Oc2nc3cc(OC)ccc3nc2Cl)[C@@H](CC(C)C)[C@H]1C(=O)OC(C)(C)C)C(C)(C)C. The number of methoxy groups -OCH3 is 1. The van der Waals surface area contributed by atoms with Crippen LogP contribution in [-0.4, -0.2) is 76.4 Å². The molecule has 1 aliphatic heterocycles. The Balaban J connectivity index is 1.96. The van der Waals surface area contributed by atoms with Gasteiger partial charge in [0.2, 0.25) is 5.91 Å². The topological polar surface area (TPSA) is 129 Å². The maximum absolute atomic E-state index is 14.6. The van der Waals surface area contributed by atoms with Gasteiger partial charge < -0.3 is 29.2 Å². The van der Waals surface area contributed by atoms with Gasteiger partial charge in [-0.05, 0) is 83.3 Å². The number of nitrogens with one attached hydrogen (secondary N) is 1. The van der Waals surface area contributed by atoms with Crippen molar-refractivity contribution >= 4 is 40.6 Å². The molecule has 1 N–H and O–H groups in total. The molecule has 11 nitrogen and oxygen atoms in total. The maximum atomic E-state index is 14.6. The number of amides is 2. The Hall–Kier alpha value is -3.60. The van der Waals surface area contributed by atoms with Crippen molar-refractivity contribution in [3.63, 3.8) is 0 Å². The predicted molar refractivity (Wildman–Crippen MR) is 195 cm³/mol. The zero-order chi connectivity index (χ0) is 37.4. The molecule has 0 aliphatic carbocycles. The van der Waals surface area contributed by atoms with Crippen LogP contribution in [0.3, 0.4) is 0 Å². The Labute approximate surface area is 302 Å². The van der Waals surface area contributed by atoms with Crippen LogP contribution in [0.25, 0.3) is 11.0 Å². The molecule has 1 aromatic heterocycles. The first-order valence-electron chi connectivity index (χ1n) is 17.6. The van der Waals surface area contributed by atoms with Crippen LogP contribution in [0.4, 0.5) is 4.79 Å². The molecule has 0 unspecified atom stereocenters. The quantitative estimate of drug-likeness (QED) is 0.111. The van der Waals surface area contributed by atoms with Gasteiger partial charge in [-0.1, -0.05) is 58.7 Å². The van der Waals surface area contributed by atoms with Crippen molar-refractivity contribution in [3.8, 4) is 11.6 Å². The molecular weight excluding hydrogens is 660 g/mol. The molecule has 5 atom stereocenters. The van der Waals surface area contributed by atoms with Crippen molar-refractivity contribution in [3.05, 3.63) is 36.0 Å². The second kappa shape index (κ2) is 17.6. The second-order valence-corrected chi connectivity index (χ2v) is 16.0. The summed E-state index contributed by atoms with van der Waals surface area (Å²) in [5, 5.41) is 2.88. The number of halogens is 1. The van der Waals surface area contributed by atoms with Crippen LogP contribution in [0.2, 0.25) is 5.15 Å². The van der Waals surface area contributed by atoms with E-state index in [4.69, 9.17) is 30.5 Å². The highest BCUT2D eigenvalue weighted by atomic mass is 35.5. The lowest BCUT2D eigenvalue weighted by atomic mass is 9.85. The predicted octanol–water partition coefficient (Wildman–Crippen LogP) is 7.92. The molecule has 1 aromatic carbocycles. The Morgan fingerprint density at radius 3 is 2.36 bits per heavy atom. The van der Waals surface area contributed by atoms with E-state index in [0.29, 0.717) is 29.6 Å². The summed E-state index contributed by atoms with van der Waals surface area (Å²) >= 11 is 6.59. The number of fused-ring (bicyclic) bond motifs is 1. The fraction of sp³-hybridized carbons (Fsp3) is 0.658. The number of nitrogens with zero attached hydrogens (tertiary/aromatic N) is 3. The van der Waals surface area contributed by atoms with Crippen molar-refractivity contribution in [1.82, 2.24) is 20.2 Å². The molecule has 50 heavy (non-hydrogen) atoms. The normalized spacial score (nSPS) is 19.2. The highest BCUT2D eigenvalue weighted by Crippen LogP contribution is 2.38. The number of rotatable bonds is 15. The van der Waals surface area contributed by atoms with Gasteiger partial charge in [-0.2, -0.15) is 0 Å². The largest absolute Gasteiger partial charge is 0.497 e. The minimum atomic E-state index is -1.02. The molecule has 3 rings (SSSR count). The number of likely N-dealkylation sites (tertiary alicyclic amines) is 1. The number of esters is 1. The summed E-state index contributed by atoms with van der Waals surface area (Å²) in [6.45, 7) is 20.6. The van der Waals surface area contributed by atoms with Gasteiger partial charge in [-0.15, -0.1) is 6.58 Å². The van der Waals surface area contributed by atoms with Gasteiger partial charge in [0.05, 0.1) is 24.7 Å². The lowest BCUT2D eigenvalue weighted by molar-refractivity contribution is -0.165. The number of benzene rings is 1. The van der Waals surface area contributed by atoms with E-state index in [9.17, 15) is 14.4 Å². The molecule has 1 saturated heterocycles. The molecule has 1 fully saturated rings. The van der Waals surface area contributed by atoms with E-state index in [0.717, 1.165) is 25.7 Å². The summed E-state index contributed by atoms with van der Waals surface area (Å²) in [5.74, 6) is -0.667. The minimum absolute atomic E-state index is 0.0265. The summed E-state index contributed by atoms with van der Waals surface area (Å²) in [5.41, 5.74) is -0.474. The van der Waals surface area contributed by atoms with Crippen molar-refractivity contribution in [2.45, 2.75) is 131 Å². The zero-order valence-corrected chi connectivity index (χ0v) is 32.3. The van der Waals surface area contributed by atoms with E-state index >= 15 is 0 Å². The number of allylic oxidation sites excluding steroid dienone is 1. The Morgan fingerprint density at radius 2 is 1.76 bits per heavy atom. The molecule has 0 saturated carbocycles. The molecule has 0 bridgehead atoms. The van der Waals surface area contributed by atoms with E-state index in [1.807, 2.05) is 47.6 Å². The molecule has 2 amide bonds. The third kappa shape index (κ3) is 11.5. The minimum Gasteiger partial charge on any atom is -0.497 e. The summed E-state index contributed by atoms with van der Waals surface area (Å²) < 4.78 is 23.4. The summed E-state index contributed by atoms with van der Waals surface area (Å²) in [4.78, 5) is 52.4. The summed E-state index contributed by atoms with van der Waals surface area (Å²) in [6, 6.07) is 3.23. The number of aromatic nitrogens is 2. The first-order valence-corrected chi connectivity index (χ1v) is 18.0. The van der Waals surface area contributed by atoms with Crippen LogP contribution in [0.15, 0.2) is 30.9 Å². The van der Waals surface area contributed by atoms with Crippen LogP contribution in [0.5, 0.6) is 11.6 Å². The highest BCUT2D eigenvalue weighted by molar-refractivity contribution is 6.31. The fourth-order valence-electron chi connectivity index (χ4n) is 6.17. The second-order valence-electron chi connectivity index (χ2n) is 15.7. The number of hydrogen-bond acceptors (Lipinski definition) is 9. The molecular formula is C38H57ClN4O7. The van der Waals surface area contributed by atoms with Crippen LogP contribution >= 0.6 is 11.6 Å². The molecule has 0 spiro atoms. The van der Waals surface area contributed by atoms with Crippen LogP contribution in [0.1, 0.15) is 101 Å². The van der Waals surface area contributed by atoms with Gasteiger partial charge in [0.1, 0.15) is 35.6 Å². The lowest BCUT2D eigenvalue weighted by Crippen LogP contribution is -2.58. The third-order valence-electron chi connectivity index (χ3n) is 8.54. The average Bonchev–Trinajstić information content (AvgIpc) is 3.35. The smallest absolute Gasteiger partial charge is 0.408 e. The molecule has 2 heterocycles. The fourth-order valence-corrected chi connectivity index (χ4v) is 6.34. The van der Waals surface area contributed by atoms with Crippen LogP contribution < -0.4 is 14.8 Å². The standard InChI is InChI=1S/C38H57ClN4O7/c1-12-13-14-15-16-17-24(4)48-36(46)42-31(37(5,6)7)34(44)43-22-29(26(20-23(2)3)30(43)35(45)50-38(8,9)10)49-33-32(39)40-27-19-18-25(47-11)21-28(27)41-33/h12,18-19,21,23-24,26,29-31H,1,13-17,20,22H2,2-11H3,(H,42,46)/t24-,26-,29+,30+,31-/m1/s1. The Bertz CT molecular complexity index is 1490. The first kappa shape index (κ1) is 40.8. The van der Waals surface area contributed by atoms with E-state index < -0.39 is 53.1 Å². The van der Waals surface area contributed by atoms with Gasteiger partial charge >= 0.3 is 12.1 Å². The monoisotopic (exact) mass is 716 g/mol. The number of carbonyl (C=O) groups excluding carboxylic acids is 3. The van der Waals surface area contributed by atoms with E-state index in [1.165, 1.54) is 4.90 Å². The molecule has 12 heteroatoms. The van der Waals surface area contributed by atoms with Gasteiger partial charge in [0.15, 0.2) is 5.15 Å². The molecule has 1 aliphatic rings. The number of unbranched alkanes of at least 4 members (excludes halogenated alkanes) is 3. The summed E-state index contributed by atoms with van der Waals surface area (Å²) in [7, 11) is 1.56. The van der Waals surface area contributed by atoms with E-state index in [-0.39, 0.29) is 29.6 Å². The van der Waals surface area contributed by atoms with Gasteiger partial charge in [0.25, 0.3) is 5.88 Å². The number of hydrogen-bond donors (Lipinski definition) is 1. The number of alkyl carbamates (subject to hydrolysis) is 1. The molecule has 2 aromatic rings. The van der Waals surface area contributed by atoms with Crippen LogP contribution in [-0.2, 0) is 19.1 Å². The van der Waals surface area contributed by atoms with Crippen molar-refractivity contribution in [1.29, 1.82) is 0 Å². The van der Waals surface area contributed by atoms with Gasteiger partial charge in [-0.25, -0.2) is 19.6 Å². The first-order chi connectivity index (χ1) is 23.3. The van der Waals surface area contributed by atoms with Gasteiger partial charge in [-0.3, -0.25) is 4.79 Å². The Kier molecular flexibility index (Phi) is 14.3. The van der Waals surface area contributed by atoms with E-state index in [1.54, 1.807) is 46.1 Å². The highest BCUT2D eigenvalue weighted by Gasteiger charge is 2.53. The maximum Gasteiger partial charge on any atom is 0.408 e. The molecule has 0 radical (unpaired) electrons. The summed E-state index contributed by atoms with van der Waals surface area (Å²) in [6.07, 6.45) is 5.32. The third-order valence-corrected chi connectivity index (χ3v) is 8.78. The molecule has 278 valence electrons. The van der Waals surface area contributed by atoms with Crippen molar-refractivity contribution in [2.24, 2.45) is 17.3 Å². The van der Waals surface area contributed by atoms with Gasteiger partial charge in [0, 0.05) is 12.0 Å². The zero-order valence-electron chi connectivity index (χ0n) is 31.5. The Morgan fingerprint density at radius 1 is 1.06 bits per heavy atom. The van der Waals surface area contributed by atoms with Crippen molar-refractivity contribution < 1.29 is 33.3 Å². The number of carbonyl (C=O) groups is 3. The average molecular weight is 717 g/mol. The van der Waals surface area contributed by atoms with Crippen molar-refractivity contribution in [2.75, 3.05) is 13.7 Å².